The summed E-state index contributed by atoms with van der Waals surface area (Å²) in [6, 6.07) is 8.91. The molecule has 1 aromatic rings. The molecule has 1 atom stereocenters. The van der Waals surface area contributed by atoms with Crippen LogP contribution in [0.15, 0.2) is 24.3 Å². The van der Waals surface area contributed by atoms with Crippen LogP contribution in [0.5, 0.6) is 0 Å². The van der Waals surface area contributed by atoms with Crippen molar-refractivity contribution >= 4 is 0 Å². The molecule has 0 radical (unpaired) electrons. The van der Waals surface area contributed by atoms with E-state index in [4.69, 9.17) is 9.47 Å². The molecule has 108 valence electrons. The van der Waals surface area contributed by atoms with Crippen LogP contribution < -0.4 is 5.32 Å². The van der Waals surface area contributed by atoms with E-state index in [0.717, 1.165) is 13.2 Å². The molecule has 0 aliphatic heterocycles. The number of hydrogen-bond donors (Lipinski definition) is 1. The van der Waals surface area contributed by atoms with Crippen LogP contribution >= 0.6 is 0 Å². The predicted molar refractivity (Wildman–Crippen MR) is 79.2 cm³/mol. The first-order valence-electron chi connectivity index (χ1n) is 7.13. The minimum atomic E-state index is 0.131. The summed E-state index contributed by atoms with van der Waals surface area (Å²) in [7, 11) is 0. The summed E-state index contributed by atoms with van der Waals surface area (Å²) >= 11 is 0. The van der Waals surface area contributed by atoms with Gasteiger partial charge in [-0.3, -0.25) is 0 Å². The van der Waals surface area contributed by atoms with E-state index in [1.807, 2.05) is 13.8 Å². The van der Waals surface area contributed by atoms with Crippen molar-refractivity contribution in [3.05, 3.63) is 35.4 Å². The smallest absolute Gasteiger partial charge is 0.0785 e. The fourth-order valence-electron chi connectivity index (χ4n) is 1.75. The van der Waals surface area contributed by atoms with E-state index in [2.05, 4.69) is 43.4 Å². The summed E-state index contributed by atoms with van der Waals surface area (Å²) in [6.07, 6.45) is 0.131. The van der Waals surface area contributed by atoms with Gasteiger partial charge in [0.15, 0.2) is 0 Å². The van der Waals surface area contributed by atoms with Crippen LogP contribution in [-0.4, -0.2) is 25.4 Å². The Morgan fingerprint density at radius 1 is 1.11 bits per heavy atom. The summed E-state index contributed by atoms with van der Waals surface area (Å²) in [6.45, 7) is 11.3. The molecule has 0 aliphatic carbocycles. The van der Waals surface area contributed by atoms with Gasteiger partial charge in [0.25, 0.3) is 0 Å². The average molecular weight is 265 g/mol. The van der Waals surface area contributed by atoms with Gasteiger partial charge >= 0.3 is 0 Å². The Balaban J connectivity index is 2.48. The summed E-state index contributed by atoms with van der Waals surface area (Å²) < 4.78 is 11.2. The highest BCUT2D eigenvalue weighted by Crippen LogP contribution is 2.11. The fourth-order valence-corrected chi connectivity index (χ4v) is 1.75. The summed E-state index contributed by atoms with van der Waals surface area (Å²) in [5.74, 6) is 0. The minimum absolute atomic E-state index is 0.131. The van der Waals surface area contributed by atoms with Gasteiger partial charge in [-0.1, -0.05) is 38.1 Å². The van der Waals surface area contributed by atoms with Gasteiger partial charge in [-0.2, -0.15) is 0 Å². The average Bonchev–Trinajstić information content (AvgIpc) is 2.41. The SMILES string of the molecule is CCOCC(C)OCc1ccccc1CNC(C)C. The van der Waals surface area contributed by atoms with Crippen molar-refractivity contribution in [2.75, 3.05) is 13.2 Å². The molecule has 1 rings (SSSR count). The maximum atomic E-state index is 5.82. The van der Waals surface area contributed by atoms with E-state index in [1.54, 1.807) is 0 Å². The quantitative estimate of drug-likeness (QED) is 0.744. The molecule has 0 fully saturated rings. The van der Waals surface area contributed by atoms with Crippen molar-refractivity contribution in [1.82, 2.24) is 5.32 Å². The maximum Gasteiger partial charge on any atom is 0.0785 e. The van der Waals surface area contributed by atoms with Gasteiger partial charge in [-0.25, -0.2) is 0 Å². The molecule has 1 unspecified atom stereocenters. The number of rotatable bonds is 9. The van der Waals surface area contributed by atoms with Crippen LogP contribution in [0, 0.1) is 0 Å². The zero-order chi connectivity index (χ0) is 14.1. The highest BCUT2D eigenvalue weighted by molar-refractivity contribution is 5.26. The zero-order valence-corrected chi connectivity index (χ0v) is 12.6. The van der Waals surface area contributed by atoms with E-state index in [9.17, 15) is 0 Å². The molecule has 0 spiro atoms. The third kappa shape index (κ3) is 6.71. The third-order valence-electron chi connectivity index (χ3n) is 2.90. The second-order valence-corrected chi connectivity index (χ2v) is 5.09. The Labute approximate surface area is 117 Å². The number of nitrogens with one attached hydrogen (secondary N) is 1. The molecule has 0 aliphatic rings. The maximum absolute atomic E-state index is 5.82. The molecule has 0 saturated heterocycles. The first kappa shape index (κ1) is 16.2. The number of benzene rings is 1. The van der Waals surface area contributed by atoms with Crippen LogP contribution in [0.1, 0.15) is 38.8 Å². The van der Waals surface area contributed by atoms with Gasteiger partial charge in [0.05, 0.1) is 19.3 Å². The normalized spacial score (nSPS) is 12.9. The van der Waals surface area contributed by atoms with Gasteiger partial charge in [0, 0.05) is 19.2 Å². The summed E-state index contributed by atoms with van der Waals surface area (Å²) in [5, 5.41) is 3.44. The first-order chi connectivity index (χ1) is 9.13. The predicted octanol–water partition coefficient (Wildman–Crippen LogP) is 3.13. The molecule has 1 aromatic carbocycles. The van der Waals surface area contributed by atoms with E-state index >= 15 is 0 Å². The monoisotopic (exact) mass is 265 g/mol. The Bertz CT molecular complexity index is 352. The van der Waals surface area contributed by atoms with Crippen LogP contribution in [0.25, 0.3) is 0 Å². The topological polar surface area (TPSA) is 30.5 Å². The lowest BCUT2D eigenvalue weighted by Gasteiger charge is -2.16. The van der Waals surface area contributed by atoms with Gasteiger partial charge in [-0.15, -0.1) is 0 Å². The third-order valence-corrected chi connectivity index (χ3v) is 2.90. The number of hydrogen-bond acceptors (Lipinski definition) is 3. The van der Waals surface area contributed by atoms with Crippen molar-refractivity contribution in [2.24, 2.45) is 0 Å². The van der Waals surface area contributed by atoms with Gasteiger partial charge in [0.1, 0.15) is 0 Å². The van der Waals surface area contributed by atoms with E-state index in [0.29, 0.717) is 19.3 Å². The molecular formula is C16H27NO2. The summed E-state index contributed by atoms with van der Waals surface area (Å²) in [4.78, 5) is 0. The zero-order valence-electron chi connectivity index (χ0n) is 12.6. The standard InChI is InChI=1S/C16H27NO2/c1-5-18-11-14(4)19-12-16-9-7-6-8-15(16)10-17-13(2)3/h6-9,13-14,17H,5,10-12H2,1-4H3. The Kier molecular flexibility index (Phi) is 7.72. The molecule has 0 amide bonds. The molecule has 3 nitrogen and oxygen atoms in total. The van der Waals surface area contributed by atoms with Gasteiger partial charge in [0.2, 0.25) is 0 Å². The van der Waals surface area contributed by atoms with Gasteiger partial charge < -0.3 is 14.8 Å². The fraction of sp³-hybridized carbons (Fsp3) is 0.625. The molecule has 0 heterocycles. The van der Waals surface area contributed by atoms with Gasteiger partial charge in [-0.05, 0) is 25.0 Å². The van der Waals surface area contributed by atoms with Crippen molar-refractivity contribution < 1.29 is 9.47 Å². The molecule has 0 bridgehead atoms. The van der Waals surface area contributed by atoms with Crippen molar-refractivity contribution in [1.29, 1.82) is 0 Å². The number of ether oxygens (including phenoxy) is 2. The second kappa shape index (κ2) is 9.08. The Morgan fingerprint density at radius 2 is 1.79 bits per heavy atom. The lowest BCUT2D eigenvalue weighted by Crippen LogP contribution is -2.23. The lowest BCUT2D eigenvalue weighted by atomic mass is 10.1. The molecular weight excluding hydrogens is 238 g/mol. The molecule has 3 heteroatoms. The molecule has 19 heavy (non-hydrogen) atoms. The van der Waals surface area contributed by atoms with Crippen molar-refractivity contribution in [3.8, 4) is 0 Å². The largest absolute Gasteiger partial charge is 0.379 e. The van der Waals surface area contributed by atoms with Crippen molar-refractivity contribution in [3.63, 3.8) is 0 Å². The highest BCUT2D eigenvalue weighted by atomic mass is 16.5. The van der Waals surface area contributed by atoms with Crippen LogP contribution in [0.3, 0.4) is 0 Å². The Morgan fingerprint density at radius 3 is 2.42 bits per heavy atom. The highest BCUT2D eigenvalue weighted by Gasteiger charge is 2.06. The lowest BCUT2D eigenvalue weighted by molar-refractivity contribution is -0.0119. The minimum Gasteiger partial charge on any atom is -0.379 e. The van der Waals surface area contributed by atoms with Crippen LogP contribution in [-0.2, 0) is 22.6 Å². The van der Waals surface area contributed by atoms with Crippen LogP contribution in [0.2, 0.25) is 0 Å². The molecule has 0 saturated carbocycles. The first-order valence-corrected chi connectivity index (χ1v) is 7.13. The van der Waals surface area contributed by atoms with Crippen molar-refractivity contribution in [2.45, 2.75) is 53.0 Å². The van der Waals surface area contributed by atoms with E-state index in [-0.39, 0.29) is 6.10 Å². The van der Waals surface area contributed by atoms with E-state index in [1.165, 1.54) is 11.1 Å². The van der Waals surface area contributed by atoms with Crippen LogP contribution in [0.4, 0.5) is 0 Å². The van der Waals surface area contributed by atoms with E-state index < -0.39 is 0 Å². The second-order valence-electron chi connectivity index (χ2n) is 5.09. The molecule has 1 N–H and O–H groups in total. The Hall–Kier alpha value is -0.900. The summed E-state index contributed by atoms with van der Waals surface area (Å²) in [5.41, 5.74) is 2.55. The molecule has 0 aromatic heterocycles.